The molecular formula is C8H7ClN2. The fourth-order valence-electron chi connectivity index (χ4n) is 0.638. The molecule has 1 aromatic heterocycles. The fourth-order valence-corrected chi connectivity index (χ4v) is 0.705. The van der Waals surface area contributed by atoms with E-state index in [9.17, 15) is 0 Å². The summed E-state index contributed by atoms with van der Waals surface area (Å²) in [5.74, 6) is 5.81. The van der Waals surface area contributed by atoms with Crippen molar-refractivity contribution in [3.05, 3.63) is 24.0 Å². The van der Waals surface area contributed by atoms with Gasteiger partial charge in [-0.1, -0.05) is 11.8 Å². The highest BCUT2D eigenvalue weighted by atomic mass is 35.5. The quantitative estimate of drug-likeness (QED) is 0.466. The summed E-state index contributed by atoms with van der Waals surface area (Å²) in [6, 6.07) is 1.71. The molecule has 0 aliphatic carbocycles. The van der Waals surface area contributed by atoms with Crippen LogP contribution >= 0.6 is 11.6 Å². The minimum Gasteiger partial charge on any atom is -0.398 e. The lowest BCUT2D eigenvalue weighted by Crippen LogP contribution is -1.89. The molecule has 1 rings (SSSR count). The minimum absolute atomic E-state index is 0.314. The smallest absolute Gasteiger partial charge is 0.0839 e. The van der Waals surface area contributed by atoms with Gasteiger partial charge in [0.05, 0.1) is 17.1 Å². The van der Waals surface area contributed by atoms with Crippen LogP contribution in [0, 0.1) is 11.8 Å². The number of anilines is 1. The molecule has 56 valence electrons. The van der Waals surface area contributed by atoms with E-state index >= 15 is 0 Å². The van der Waals surface area contributed by atoms with Crippen molar-refractivity contribution in [1.82, 2.24) is 4.98 Å². The van der Waals surface area contributed by atoms with Crippen LogP contribution in [0.4, 0.5) is 5.69 Å². The average molecular weight is 167 g/mol. The molecule has 0 amide bonds. The van der Waals surface area contributed by atoms with E-state index in [2.05, 4.69) is 16.8 Å². The molecule has 3 heteroatoms. The first-order chi connectivity index (χ1) is 5.34. The molecule has 0 radical (unpaired) electrons. The van der Waals surface area contributed by atoms with Gasteiger partial charge in [0.2, 0.25) is 0 Å². The summed E-state index contributed by atoms with van der Waals surface area (Å²) < 4.78 is 0. The monoisotopic (exact) mass is 166 g/mol. The molecule has 2 N–H and O–H groups in total. The number of alkyl halides is 1. The van der Waals surface area contributed by atoms with E-state index in [0.29, 0.717) is 11.6 Å². The molecule has 0 atom stereocenters. The van der Waals surface area contributed by atoms with E-state index in [-0.39, 0.29) is 0 Å². The number of nitrogens with zero attached hydrogens (tertiary/aromatic N) is 1. The second-order valence-corrected chi connectivity index (χ2v) is 2.17. The number of hydrogen-bond donors (Lipinski definition) is 1. The van der Waals surface area contributed by atoms with Crippen molar-refractivity contribution in [1.29, 1.82) is 0 Å². The maximum atomic E-state index is 5.58. The third kappa shape index (κ3) is 2.14. The van der Waals surface area contributed by atoms with Gasteiger partial charge < -0.3 is 5.73 Å². The summed E-state index contributed by atoms with van der Waals surface area (Å²) in [7, 11) is 0. The molecule has 1 heterocycles. The van der Waals surface area contributed by atoms with Gasteiger partial charge in [0.25, 0.3) is 0 Å². The predicted molar refractivity (Wildman–Crippen MR) is 46.2 cm³/mol. The zero-order valence-corrected chi connectivity index (χ0v) is 6.60. The topological polar surface area (TPSA) is 38.9 Å². The highest BCUT2D eigenvalue weighted by molar-refractivity contribution is 6.19. The number of aromatic nitrogens is 1. The van der Waals surface area contributed by atoms with Gasteiger partial charge in [0.15, 0.2) is 0 Å². The molecule has 0 saturated heterocycles. The van der Waals surface area contributed by atoms with Gasteiger partial charge in [-0.3, -0.25) is 4.98 Å². The Morgan fingerprint density at radius 2 is 2.45 bits per heavy atom. The Morgan fingerprint density at radius 3 is 3.09 bits per heavy atom. The van der Waals surface area contributed by atoms with Gasteiger partial charge in [0, 0.05) is 12.4 Å². The Hall–Kier alpha value is -1.20. The lowest BCUT2D eigenvalue weighted by Gasteiger charge is -1.93. The first-order valence-electron chi connectivity index (χ1n) is 3.09. The largest absolute Gasteiger partial charge is 0.398 e. The average Bonchev–Trinajstić information content (AvgIpc) is 2.03. The van der Waals surface area contributed by atoms with Crippen LogP contribution in [0.25, 0.3) is 0 Å². The van der Waals surface area contributed by atoms with E-state index in [0.717, 1.165) is 5.56 Å². The van der Waals surface area contributed by atoms with Crippen molar-refractivity contribution < 1.29 is 0 Å². The zero-order chi connectivity index (χ0) is 8.10. The lowest BCUT2D eigenvalue weighted by atomic mass is 10.2. The van der Waals surface area contributed by atoms with Gasteiger partial charge in [-0.2, -0.15) is 0 Å². The van der Waals surface area contributed by atoms with E-state index in [1.165, 1.54) is 0 Å². The van der Waals surface area contributed by atoms with E-state index in [1.54, 1.807) is 18.5 Å². The lowest BCUT2D eigenvalue weighted by molar-refractivity contribution is 1.32. The summed E-state index contributed by atoms with van der Waals surface area (Å²) in [4.78, 5) is 3.87. The number of rotatable bonds is 0. The van der Waals surface area contributed by atoms with Crippen LogP contribution in [0.15, 0.2) is 18.5 Å². The van der Waals surface area contributed by atoms with Crippen molar-refractivity contribution >= 4 is 17.3 Å². The Bertz CT molecular complexity index is 298. The number of nitrogen functional groups attached to an aromatic ring is 1. The van der Waals surface area contributed by atoms with Crippen LogP contribution in [0.1, 0.15) is 5.56 Å². The highest BCUT2D eigenvalue weighted by Gasteiger charge is 1.90. The Kier molecular flexibility index (Phi) is 2.76. The third-order valence-corrected chi connectivity index (χ3v) is 1.28. The predicted octanol–water partition coefficient (Wildman–Crippen LogP) is 1.25. The number of pyridine rings is 1. The third-order valence-electron chi connectivity index (χ3n) is 1.14. The van der Waals surface area contributed by atoms with Crippen molar-refractivity contribution in [2.24, 2.45) is 0 Å². The number of nitrogens with two attached hydrogens (primary N) is 1. The van der Waals surface area contributed by atoms with Crippen LogP contribution in [0.5, 0.6) is 0 Å². The van der Waals surface area contributed by atoms with Crippen LogP contribution < -0.4 is 5.73 Å². The van der Waals surface area contributed by atoms with Gasteiger partial charge >= 0.3 is 0 Å². The second-order valence-electron chi connectivity index (χ2n) is 1.90. The first-order valence-corrected chi connectivity index (χ1v) is 3.62. The Balaban J connectivity index is 2.95. The van der Waals surface area contributed by atoms with Crippen molar-refractivity contribution in [3.63, 3.8) is 0 Å². The summed E-state index contributed by atoms with van der Waals surface area (Å²) in [6.07, 6.45) is 3.25. The summed E-state index contributed by atoms with van der Waals surface area (Å²) in [6.45, 7) is 0. The van der Waals surface area contributed by atoms with Crippen LogP contribution in [-0.2, 0) is 0 Å². The van der Waals surface area contributed by atoms with E-state index < -0.39 is 0 Å². The van der Waals surface area contributed by atoms with Crippen LogP contribution in [0.2, 0.25) is 0 Å². The SMILES string of the molecule is Nc1ccncc1C#CCCl. The standard InChI is InChI=1S/C8H7ClN2/c9-4-1-2-7-6-11-5-3-8(7)10/h3,5-6H,4H2,(H2,10,11). The molecule has 0 spiro atoms. The fraction of sp³-hybridized carbons (Fsp3) is 0.125. The molecular weight excluding hydrogens is 160 g/mol. The van der Waals surface area contributed by atoms with Gasteiger partial charge in [-0.25, -0.2) is 0 Å². The van der Waals surface area contributed by atoms with Crippen LogP contribution in [-0.4, -0.2) is 10.9 Å². The first kappa shape index (κ1) is 7.90. The molecule has 0 aliphatic heterocycles. The maximum absolute atomic E-state index is 5.58. The van der Waals surface area contributed by atoms with Crippen molar-refractivity contribution in [3.8, 4) is 11.8 Å². The molecule has 0 fully saturated rings. The van der Waals surface area contributed by atoms with Crippen molar-refractivity contribution in [2.45, 2.75) is 0 Å². The van der Waals surface area contributed by atoms with Gasteiger partial charge in [0.1, 0.15) is 0 Å². The molecule has 0 unspecified atom stereocenters. The highest BCUT2D eigenvalue weighted by Crippen LogP contribution is 2.05. The van der Waals surface area contributed by atoms with E-state index in [4.69, 9.17) is 17.3 Å². The minimum atomic E-state index is 0.314. The van der Waals surface area contributed by atoms with Crippen LogP contribution in [0.3, 0.4) is 0 Å². The molecule has 0 saturated carbocycles. The second kappa shape index (κ2) is 3.85. The molecule has 2 nitrogen and oxygen atoms in total. The molecule has 0 bridgehead atoms. The molecule has 0 aliphatic rings. The Labute approximate surface area is 70.4 Å². The van der Waals surface area contributed by atoms with Gasteiger partial charge in [-0.15, -0.1) is 11.6 Å². The number of hydrogen-bond acceptors (Lipinski definition) is 2. The number of halogens is 1. The summed E-state index contributed by atoms with van der Waals surface area (Å²) in [5.41, 5.74) is 6.94. The van der Waals surface area contributed by atoms with E-state index in [1.807, 2.05) is 0 Å². The maximum Gasteiger partial charge on any atom is 0.0839 e. The molecule has 11 heavy (non-hydrogen) atoms. The summed E-state index contributed by atoms with van der Waals surface area (Å²) in [5, 5.41) is 0. The Morgan fingerprint density at radius 1 is 1.64 bits per heavy atom. The van der Waals surface area contributed by atoms with Crippen molar-refractivity contribution in [2.75, 3.05) is 11.6 Å². The molecule has 0 aromatic carbocycles. The molecule has 1 aromatic rings. The zero-order valence-electron chi connectivity index (χ0n) is 5.84. The normalized spacial score (nSPS) is 8.45. The van der Waals surface area contributed by atoms with Gasteiger partial charge in [-0.05, 0) is 6.07 Å². The summed E-state index contributed by atoms with van der Waals surface area (Å²) >= 11 is 5.37.